The van der Waals surface area contributed by atoms with Crippen LogP contribution in [-0.2, 0) is 0 Å². The van der Waals surface area contributed by atoms with E-state index in [9.17, 15) is 0 Å². The summed E-state index contributed by atoms with van der Waals surface area (Å²) in [5, 5.41) is 27.9. The highest BCUT2D eigenvalue weighted by Crippen LogP contribution is 1.87. The molecule has 6 heteroatoms. The smallest absolute Gasteiger partial charge is 0.450 e. The standard InChI is InChI=1S/C5H10.2CH2O3/c1-4-5(2)3;2*2-1(3)4/h4-5H,1H2,2-3H3;2*(H2,2,3,4). The van der Waals surface area contributed by atoms with Crippen molar-refractivity contribution in [3.63, 3.8) is 0 Å². The molecule has 0 unspecified atom stereocenters. The number of hydrogen-bond acceptors (Lipinski definition) is 2. The van der Waals surface area contributed by atoms with Crippen LogP contribution in [0.5, 0.6) is 0 Å². The monoisotopic (exact) mass is 194 g/mol. The van der Waals surface area contributed by atoms with Crippen molar-refractivity contribution in [1.29, 1.82) is 0 Å². The average molecular weight is 194 g/mol. The van der Waals surface area contributed by atoms with Crippen LogP contribution in [0.25, 0.3) is 0 Å². The highest BCUT2D eigenvalue weighted by molar-refractivity contribution is 5.53. The lowest BCUT2D eigenvalue weighted by Gasteiger charge is -1.84. The van der Waals surface area contributed by atoms with E-state index in [2.05, 4.69) is 20.4 Å². The van der Waals surface area contributed by atoms with Gasteiger partial charge in [0.25, 0.3) is 0 Å². The van der Waals surface area contributed by atoms with Gasteiger partial charge in [0.1, 0.15) is 0 Å². The van der Waals surface area contributed by atoms with E-state index in [1.54, 1.807) is 0 Å². The summed E-state index contributed by atoms with van der Waals surface area (Å²) >= 11 is 0. The molecule has 0 heterocycles. The molecule has 0 aromatic carbocycles. The topological polar surface area (TPSA) is 115 Å². The molecule has 0 aromatic heterocycles. The van der Waals surface area contributed by atoms with Gasteiger partial charge in [-0.05, 0) is 5.92 Å². The summed E-state index contributed by atoms with van der Waals surface area (Å²) in [6, 6.07) is 0. The molecule has 78 valence electrons. The van der Waals surface area contributed by atoms with E-state index in [1.165, 1.54) is 0 Å². The number of hydrogen-bond donors (Lipinski definition) is 4. The van der Waals surface area contributed by atoms with Crippen LogP contribution in [0.1, 0.15) is 13.8 Å². The predicted octanol–water partition coefficient (Wildman–Crippen LogP) is 2.27. The molecule has 0 amide bonds. The third kappa shape index (κ3) is 8990. The van der Waals surface area contributed by atoms with Gasteiger partial charge in [0.15, 0.2) is 0 Å². The molecule has 0 aromatic rings. The fourth-order valence-corrected chi connectivity index (χ4v) is 0. The molecule has 4 N–H and O–H groups in total. The summed E-state index contributed by atoms with van der Waals surface area (Å²) in [7, 11) is 0. The van der Waals surface area contributed by atoms with E-state index >= 15 is 0 Å². The molecule has 0 aliphatic rings. The number of carboxylic acid groups (broad SMARTS) is 4. The molecule has 0 aliphatic heterocycles. The van der Waals surface area contributed by atoms with Gasteiger partial charge in [0.05, 0.1) is 0 Å². The van der Waals surface area contributed by atoms with E-state index in [0.717, 1.165) is 0 Å². The fourth-order valence-electron chi connectivity index (χ4n) is 0. The number of allylic oxidation sites excluding steroid dienone is 1. The Morgan fingerprint density at radius 1 is 1.08 bits per heavy atom. The van der Waals surface area contributed by atoms with Crippen LogP contribution < -0.4 is 0 Å². The minimum absolute atomic E-state index is 0.648. The summed E-state index contributed by atoms with van der Waals surface area (Å²) in [4.78, 5) is 17.1. The molecule has 0 saturated carbocycles. The highest BCUT2D eigenvalue weighted by Gasteiger charge is 1.73. The third-order valence-electron chi connectivity index (χ3n) is 0.471. The normalized spacial score (nSPS) is 7.00. The first-order valence-electron chi connectivity index (χ1n) is 3.20. The second-order valence-electron chi connectivity index (χ2n) is 2.04. The Morgan fingerprint density at radius 2 is 1.15 bits per heavy atom. The van der Waals surface area contributed by atoms with Gasteiger partial charge in [0, 0.05) is 0 Å². The molecule has 0 fully saturated rings. The summed E-state index contributed by atoms with van der Waals surface area (Å²) in [5.74, 6) is 0.648. The van der Waals surface area contributed by atoms with Crippen molar-refractivity contribution in [2.75, 3.05) is 0 Å². The molecule has 6 nitrogen and oxygen atoms in total. The zero-order chi connectivity index (χ0) is 11.4. The molecule has 0 aliphatic carbocycles. The van der Waals surface area contributed by atoms with Gasteiger partial charge in [-0.3, -0.25) is 0 Å². The average Bonchev–Trinajstić information content (AvgIpc) is 1.84. The third-order valence-corrected chi connectivity index (χ3v) is 0.471. The van der Waals surface area contributed by atoms with Crippen LogP contribution in [-0.4, -0.2) is 32.7 Å². The van der Waals surface area contributed by atoms with Crippen molar-refractivity contribution in [2.24, 2.45) is 5.92 Å². The van der Waals surface area contributed by atoms with E-state index < -0.39 is 12.3 Å². The lowest BCUT2D eigenvalue weighted by atomic mass is 10.2. The van der Waals surface area contributed by atoms with Crippen LogP contribution in [0.2, 0.25) is 0 Å². The largest absolute Gasteiger partial charge is 0.503 e. The number of rotatable bonds is 1. The molecule has 0 saturated heterocycles. The summed E-state index contributed by atoms with van der Waals surface area (Å²) in [5.41, 5.74) is 0. The van der Waals surface area contributed by atoms with Crippen LogP contribution in [0.3, 0.4) is 0 Å². The SMILES string of the molecule is C=CC(C)C.O=C(O)O.O=C(O)O. The molecule has 0 atom stereocenters. The Morgan fingerprint density at radius 3 is 1.15 bits per heavy atom. The first-order chi connectivity index (χ1) is 5.73. The van der Waals surface area contributed by atoms with Gasteiger partial charge in [0.2, 0.25) is 0 Å². The Hall–Kier alpha value is -1.72. The van der Waals surface area contributed by atoms with Gasteiger partial charge >= 0.3 is 12.3 Å². The van der Waals surface area contributed by atoms with Crippen LogP contribution >= 0.6 is 0 Å². The lowest BCUT2D eigenvalue weighted by Crippen LogP contribution is -1.81. The maximum absolute atomic E-state index is 8.56. The van der Waals surface area contributed by atoms with Gasteiger partial charge < -0.3 is 20.4 Å². The van der Waals surface area contributed by atoms with Gasteiger partial charge in [-0.1, -0.05) is 19.9 Å². The molecule has 0 radical (unpaired) electrons. The Balaban J connectivity index is -0.000000117. The molecular weight excluding hydrogens is 180 g/mol. The van der Waals surface area contributed by atoms with E-state index in [4.69, 9.17) is 30.0 Å². The summed E-state index contributed by atoms with van der Waals surface area (Å²) in [6.45, 7) is 7.77. The second-order valence-corrected chi connectivity index (χ2v) is 2.04. The van der Waals surface area contributed by atoms with Crippen molar-refractivity contribution >= 4 is 12.3 Å². The minimum Gasteiger partial charge on any atom is -0.450 e. The first kappa shape index (κ1) is 17.4. The van der Waals surface area contributed by atoms with Crippen LogP contribution in [0, 0.1) is 5.92 Å². The van der Waals surface area contributed by atoms with Crippen molar-refractivity contribution in [1.82, 2.24) is 0 Å². The number of carbonyl (C=O) groups is 2. The van der Waals surface area contributed by atoms with Crippen molar-refractivity contribution in [3.8, 4) is 0 Å². The summed E-state index contributed by atoms with van der Waals surface area (Å²) < 4.78 is 0. The van der Waals surface area contributed by atoms with E-state index in [0.29, 0.717) is 5.92 Å². The van der Waals surface area contributed by atoms with Gasteiger partial charge in [-0.15, -0.1) is 6.58 Å². The van der Waals surface area contributed by atoms with Gasteiger partial charge in [-0.25, -0.2) is 9.59 Å². The molecule has 0 spiro atoms. The van der Waals surface area contributed by atoms with Crippen LogP contribution in [0.4, 0.5) is 9.59 Å². The fraction of sp³-hybridized carbons (Fsp3) is 0.429. The Bertz CT molecular complexity index is 131. The van der Waals surface area contributed by atoms with Crippen LogP contribution in [0.15, 0.2) is 12.7 Å². The summed E-state index contributed by atoms with van der Waals surface area (Å²) in [6.07, 6.45) is -1.75. The molecule has 13 heavy (non-hydrogen) atoms. The van der Waals surface area contributed by atoms with Crippen molar-refractivity contribution in [2.45, 2.75) is 13.8 Å². The Kier molecular flexibility index (Phi) is 17.3. The first-order valence-corrected chi connectivity index (χ1v) is 3.20. The maximum Gasteiger partial charge on any atom is 0.503 e. The zero-order valence-corrected chi connectivity index (χ0v) is 7.47. The molecule has 0 bridgehead atoms. The highest BCUT2D eigenvalue weighted by atomic mass is 16.6. The Labute approximate surface area is 75.8 Å². The quantitative estimate of drug-likeness (QED) is 0.476. The predicted molar refractivity (Wildman–Crippen MR) is 46.3 cm³/mol. The van der Waals surface area contributed by atoms with E-state index in [-0.39, 0.29) is 0 Å². The lowest BCUT2D eigenvalue weighted by molar-refractivity contribution is 0.135. The van der Waals surface area contributed by atoms with Crippen molar-refractivity contribution < 1.29 is 30.0 Å². The van der Waals surface area contributed by atoms with Crippen molar-refractivity contribution in [3.05, 3.63) is 12.7 Å². The maximum atomic E-state index is 8.56. The van der Waals surface area contributed by atoms with Gasteiger partial charge in [-0.2, -0.15) is 0 Å². The molecule has 0 rings (SSSR count). The minimum atomic E-state index is -1.83. The second kappa shape index (κ2) is 12.9. The zero-order valence-electron chi connectivity index (χ0n) is 7.47. The molecular formula is C7H14O6. The van der Waals surface area contributed by atoms with E-state index in [1.807, 2.05) is 6.08 Å².